The molecule has 1 N–H and O–H groups in total. The number of H-pyrrole nitrogens is 1. The Hall–Kier alpha value is -6.46. The van der Waals surface area contributed by atoms with E-state index in [9.17, 15) is 0 Å². The van der Waals surface area contributed by atoms with Crippen LogP contribution in [0.1, 0.15) is 79.0 Å². The average Bonchev–Trinajstić information content (AvgIpc) is 3.89. The van der Waals surface area contributed by atoms with Crippen molar-refractivity contribution in [1.29, 1.82) is 0 Å². The molecule has 0 unspecified atom stereocenters. The number of fused-ring (bicyclic) bond motifs is 7. The second kappa shape index (κ2) is 13.0. The molecule has 5 nitrogen and oxygen atoms in total. The Bertz CT molecular complexity index is 3200. The normalized spacial score (nSPS) is 12.8. The van der Waals surface area contributed by atoms with Crippen LogP contribution >= 0.6 is 0 Å². The topological polar surface area (TPSA) is 51.4 Å². The van der Waals surface area contributed by atoms with Gasteiger partial charge in [0, 0.05) is 55.8 Å². The standard InChI is InChI=1S/C54H51N5/c1-52(2,3)34-22-25-37(26-23-34)58-47-21-13-18-39(33-15-12-16-38(29-33)59-46-20-11-10-17-40(46)41-19-14-28-55-50(41)59)49(47)57-51(58)44-32-36(54(7,8)9)31-43-42-30-35(53(4,5)6)24-27-45(42)56-48(43)44/h10-32,56H,1-9H3. The number of aromatic amines is 1. The van der Waals surface area contributed by atoms with Crippen molar-refractivity contribution in [2.24, 2.45) is 0 Å². The van der Waals surface area contributed by atoms with Crippen molar-refractivity contribution >= 4 is 54.8 Å². The molecular formula is C54H51N5. The molecule has 0 spiro atoms. The van der Waals surface area contributed by atoms with Crippen LogP contribution in [0, 0.1) is 0 Å². The van der Waals surface area contributed by atoms with Crippen molar-refractivity contribution in [3.63, 3.8) is 0 Å². The van der Waals surface area contributed by atoms with Gasteiger partial charge in [-0.05, 0) is 111 Å². The van der Waals surface area contributed by atoms with Gasteiger partial charge in [0.25, 0.3) is 0 Å². The van der Waals surface area contributed by atoms with Crippen LogP contribution in [-0.2, 0) is 16.2 Å². The summed E-state index contributed by atoms with van der Waals surface area (Å²) in [5.74, 6) is 0.914. The van der Waals surface area contributed by atoms with Gasteiger partial charge in [-0.3, -0.25) is 9.13 Å². The minimum absolute atomic E-state index is 0.0290. The first-order valence-corrected chi connectivity index (χ1v) is 20.8. The van der Waals surface area contributed by atoms with Gasteiger partial charge in [-0.15, -0.1) is 0 Å². The summed E-state index contributed by atoms with van der Waals surface area (Å²) in [6.45, 7) is 20.6. The maximum Gasteiger partial charge on any atom is 0.147 e. The van der Waals surface area contributed by atoms with Crippen LogP contribution in [0.3, 0.4) is 0 Å². The van der Waals surface area contributed by atoms with Crippen molar-refractivity contribution < 1.29 is 0 Å². The van der Waals surface area contributed by atoms with Crippen molar-refractivity contribution in [3.05, 3.63) is 156 Å². The third-order valence-corrected chi connectivity index (χ3v) is 12.2. The Kier molecular flexibility index (Phi) is 8.13. The monoisotopic (exact) mass is 769 g/mol. The molecule has 4 heterocycles. The van der Waals surface area contributed by atoms with Gasteiger partial charge in [-0.2, -0.15) is 0 Å². The van der Waals surface area contributed by atoms with E-state index in [4.69, 9.17) is 9.97 Å². The molecule has 0 saturated carbocycles. The van der Waals surface area contributed by atoms with Crippen molar-refractivity contribution in [2.75, 3.05) is 0 Å². The summed E-state index contributed by atoms with van der Waals surface area (Å²) in [7, 11) is 0. The number of nitrogens with zero attached hydrogens (tertiary/aromatic N) is 4. The highest BCUT2D eigenvalue weighted by molar-refractivity contribution is 6.13. The highest BCUT2D eigenvalue weighted by Crippen LogP contribution is 2.42. The van der Waals surface area contributed by atoms with E-state index >= 15 is 0 Å². The third-order valence-electron chi connectivity index (χ3n) is 12.2. The summed E-state index contributed by atoms with van der Waals surface area (Å²) in [6.07, 6.45) is 1.88. The van der Waals surface area contributed by atoms with Gasteiger partial charge in [-0.25, -0.2) is 9.97 Å². The van der Waals surface area contributed by atoms with Crippen LogP contribution < -0.4 is 0 Å². The molecule has 5 heteroatoms. The van der Waals surface area contributed by atoms with Crippen LogP contribution in [0.15, 0.2) is 140 Å². The van der Waals surface area contributed by atoms with Crippen LogP contribution in [0.4, 0.5) is 0 Å². The zero-order chi connectivity index (χ0) is 41.0. The SMILES string of the molecule is CC(C)(C)c1ccc(-n2c(-c3cc(C(C)(C)C)cc4c3[nH]c3ccc(C(C)(C)C)cc34)nc3c(-c4cccc(-n5c6ccccc6c6cccnc65)c4)cccc32)cc1. The summed E-state index contributed by atoms with van der Waals surface area (Å²) < 4.78 is 4.66. The minimum atomic E-state index is -0.0906. The smallest absolute Gasteiger partial charge is 0.147 e. The second-order valence-electron chi connectivity index (χ2n) is 19.4. The van der Waals surface area contributed by atoms with E-state index < -0.39 is 0 Å². The first-order valence-electron chi connectivity index (χ1n) is 20.8. The molecule has 0 radical (unpaired) electrons. The number of para-hydroxylation sites is 2. The van der Waals surface area contributed by atoms with Crippen LogP contribution in [0.25, 0.3) is 88.7 Å². The van der Waals surface area contributed by atoms with E-state index in [1.807, 2.05) is 12.3 Å². The van der Waals surface area contributed by atoms with Gasteiger partial charge in [0.2, 0.25) is 0 Å². The first-order chi connectivity index (χ1) is 28.1. The Morgan fingerprint density at radius 2 is 1.15 bits per heavy atom. The molecule has 0 aliphatic heterocycles. The summed E-state index contributed by atoms with van der Waals surface area (Å²) >= 11 is 0. The largest absolute Gasteiger partial charge is 0.354 e. The Morgan fingerprint density at radius 1 is 0.475 bits per heavy atom. The molecule has 0 aliphatic rings. The van der Waals surface area contributed by atoms with Gasteiger partial charge in [0.05, 0.1) is 22.1 Å². The van der Waals surface area contributed by atoms with E-state index in [0.717, 1.165) is 72.5 Å². The number of pyridine rings is 1. The molecule has 4 aromatic heterocycles. The lowest BCUT2D eigenvalue weighted by molar-refractivity contribution is 0.590. The first kappa shape index (κ1) is 36.9. The molecule has 6 aromatic carbocycles. The summed E-state index contributed by atoms with van der Waals surface area (Å²) in [5.41, 5.74) is 15.6. The zero-order valence-electron chi connectivity index (χ0n) is 35.6. The van der Waals surface area contributed by atoms with Gasteiger partial charge in [0.1, 0.15) is 11.5 Å². The molecule has 0 amide bonds. The lowest BCUT2D eigenvalue weighted by Gasteiger charge is -2.22. The molecule has 59 heavy (non-hydrogen) atoms. The molecule has 0 bridgehead atoms. The second-order valence-corrected chi connectivity index (χ2v) is 19.4. The van der Waals surface area contributed by atoms with Crippen LogP contribution in [-0.4, -0.2) is 24.1 Å². The van der Waals surface area contributed by atoms with Crippen molar-refractivity contribution in [3.8, 4) is 33.9 Å². The quantitative estimate of drug-likeness (QED) is 0.194. The van der Waals surface area contributed by atoms with E-state index in [1.165, 1.54) is 32.8 Å². The van der Waals surface area contributed by atoms with Crippen molar-refractivity contribution in [2.45, 2.75) is 78.6 Å². The number of hydrogen-bond acceptors (Lipinski definition) is 2. The average molecular weight is 770 g/mol. The molecule has 0 fully saturated rings. The van der Waals surface area contributed by atoms with E-state index in [2.05, 4.69) is 204 Å². The van der Waals surface area contributed by atoms with Crippen LogP contribution in [0.2, 0.25) is 0 Å². The molecule has 10 rings (SSSR count). The fourth-order valence-corrected chi connectivity index (χ4v) is 8.83. The molecule has 10 aromatic rings. The maximum atomic E-state index is 5.72. The Morgan fingerprint density at radius 3 is 1.92 bits per heavy atom. The highest BCUT2D eigenvalue weighted by Gasteiger charge is 2.26. The molecule has 0 atom stereocenters. The van der Waals surface area contributed by atoms with Crippen LogP contribution in [0.5, 0.6) is 0 Å². The Balaban J connectivity index is 1.25. The highest BCUT2D eigenvalue weighted by atomic mass is 15.1. The predicted octanol–water partition coefficient (Wildman–Crippen LogP) is 14.4. The number of hydrogen-bond donors (Lipinski definition) is 1. The number of benzene rings is 6. The molecule has 292 valence electrons. The fourth-order valence-electron chi connectivity index (χ4n) is 8.83. The molecule has 0 aliphatic carbocycles. The number of aromatic nitrogens is 5. The maximum absolute atomic E-state index is 5.72. The van der Waals surface area contributed by atoms with E-state index in [1.54, 1.807) is 0 Å². The number of nitrogens with one attached hydrogen (secondary N) is 1. The number of imidazole rings is 1. The molecular weight excluding hydrogens is 719 g/mol. The zero-order valence-corrected chi connectivity index (χ0v) is 35.6. The van der Waals surface area contributed by atoms with Crippen molar-refractivity contribution in [1.82, 2.24) is 24.1 Å². The Labute approximate surface area is 346 Å². The lowest BCUT2D eigenvalue weighted by Crippen LogP contribution is -2.12. The fraction of sp³-hybridized carbons (Fsp3) is 0.222. The summed E-state index contributed by atoms with van der Waals surface area (Å²) in [5, 5.41) is 4.81. The van der Waals surface area contributed by atoms with Gasteiger partial charge in [0.15, 0.2) is 0 Å². The molecule has 0 saturated heterocycles. The summed E-state index contributed by atoms with van der Waals surface area (Å²) in [4.78, 5) is 14.5. The van der Waals surface area contributed by atoms with Gasteiger partial charge < -0.3 is 4.98 Å². The number of rotatable bonds is 4. The van der Waals surface area contributed by atoms with E-state index in [-0.39, 0.29) is 16.2 Å². The summed E-state index contributed by atoms with van der Waals surface area (Å²) in [6, 6.07) is 49.0. The van der Waals surface area contributed by atoms with Gasteiger partial charge in [-0.1, -0.05) is 123 Å². The lowest BCUT2D eigenvalue weighted by atomic mass is 9.84. The third kappa shape index (κ3) is 6.05. The minimum Gasteiger partial charge on any atom is -0.354 e. The van der Waals surface area contributed by atoms with E-state index in [0.29, 0.717) is 0 Å². The van der Waals surface area contributed by atoms with Gasteiger partial charge >= 0.3 is 0 Å². The predicted molar refractivity (Wildman–Crippen MR) is 250 cm³/mol.